The van der Waals surface area contributed by atoms with Crippen LogP contribution in [0, 0.1) is 5.41 Å². The Labute approximate surface area is 169 Å². The maximum atomic E-state index is 13.0. The highest BCUT2D eigenvalue weighted by atomic mass is 35.5. The number of nitrogens with two attached hydrogens (primary N) is 1. The average Bonchev–Trinajstić information content (AvgIpc) is 2.98. The molecule has 3 aliphatic heterocycles. The Kier molecular flexibility index (Phi) is 8.33. The first-order valence-corrected chi connectivity index (χ1v) is 11.2. The smallest absolute Gasteiger partial charge is 0.282 e. The molecule has 2 N–H and O–H groups in total. The second-order valence-corrected chi connectivity index (χ2v) is 9.54. The molecule has 0 unspecified atom stereocenters. The highest BCUT2D eigenvalue weighted by Gasteiger charge is 2.43. The molecule has 0 aromatic rings. The quantitative estimate of drug-likeness (QED) is 0.705. The molecule has 0 radical (unpaired) electrons. The molecule has 3 aliphatic rings. The molecule has 0 atom stereocenters. The molecule has 3 fully saturated rings. The Bertz CT molecular complexity index is 582. The maximum absolute atomic E-state index is 13.0. The van der Waals surface area contributed by atoms with Crippen molar-refractivity contribution in [3.8, 4) is 0 Å². The van der Waals surface area contributed by atoms with Crippen molar-refractivity contribution < 1.29 is 17.9 Å². The van der Waals surface area contributed by atoms with Gasteiger partial charge in [-0.15, -0.1) is 12.4 Å². The molecule has 1 amide bonds. The first-order valence-electron chi connectivity index (χ1n) is 9.82. The zero-order valence-corrected chi connectivity index (χ0v) is 17.6. The van der Waals surface area contributed by atoms with Crippen molar-refractivity contribution in [3.05, 3.63) is 0 Å². The van der Waals surface area contributed by atoms with E-state index in [1.54, 1.807) is 13.5 Å². The van der Waals surface area contributed by atoms with Gasteiger partial charge in [0.25, 0.3) is 10.2 Å². The summed E-state index contributed by atoms with van der Waals surface area (Å²) in [5, 5.41) is 0. The molecule has 0 aliphatic carbocycles. The van der Waals surface area contributed by atoms with Gasteiger partial charge in [-0.3, -0.25) is 4.79 Å². The molecule has 158 valence electrons. The number of carbonyl (C=O) groups excluding carboxylic acids is 1. The Hall–Kier alpha value is -0.450. The van der Waals surface area contributed by atoms with Crippen molar-refractivity contribution >= 4 is 28.5 Å². The van der Waals surface area contributed by atoms with Crippen LogP contribution < -0.4 is 5.73 Å². The molecule has 0 bridgehead atoms. The number of halogens is 1. The van der Waals surface area contributed by atoms with Gasteiger partial charge in [0.15, 0.2) is 0 Å². The van der Waals surface area contributed by atoms with Gasteiger partial charge in [0.1, 0.15) is 0 Å². The van der Waals surface area contributed by atoms with Gasteiger partial charge in [0.05, 0.1) is 5.41 Å². The van der Waals surface area contributed by atoms with E-state index in [-0.39, 0.29) is 18.3 Å². The Morgan fingerprint density at radius 1 is 0.889 bits per heavy atom. The Balaban J connectivity index is 0.00000261. The molecular formula is C17H33ClN4O4S. The average molecular weight is 425 g/mol. The van der Waals surface area contributed by atoms with Crippen LogP contribution in [0.25, 0.3) is 0 Å². The van der Waals surface area contributed by atoms with Crippen LogP contribution in [-0.2, 0) is 19.7 Å². The third kappa shape index (κ3) is 4.94. The van der Waals surface area contributed by atoms with E-state index in [1.807, 2.05) is 0 Å². The molecule has 27 heavy (non-hydrogen) atoms. The molecule has 0 aromatic carbocycles. The minimum Gasteiger partial charge on any atom is -0.381 e. The zero-order valence-electron chi connectivity index (χ0n) is 16.0. The summed E-state index contributed by atoms with van der Waals surface area (Å²) < 4.78 is 34.4. The van der Waals surface area contributed by atoms with Crippen LogP contribution in [-0.4, -0.2) is 86.9 Å². The lowest BCUT2D eigenvalue weighted by Crippen LogP contribution is -2.58. The van der Waals surface area contributed by atoms with Crippen molar-refractivity contribution in [3.63, 3.8) is 0 Å². The Morgan fingerprint density at radius 3 is 1.93 bits per heavy atom. The lowest BCUT2D eigenvalue weighted by molar-refractivity contribution is -0.148. The minimum atomic E-state index is -3.42. The summed E-state index contributed by atoms with van der Waals surface area (Å²) in [5.41, 5.74) is 5.40. The van der Waals surface area contributed by atoms with E-state index in [1.165, 1.54) is 0 Å². The van der Waals surface area contributed by atoms with Gasteiger partial charge < -0.3 is 15.4 Å². The topological polar surface area (TPSA) is 96.2 Å². The number of ether oxygens (including phenoxy) is 1. The van der Waals surface area contributed by atoms with Gasteiger partial charge in [0.2, 0.25) is 5.91 Å². The van der Waals surface area contributed by atoms with E-state index in [2.05, 4.69) is 0 Å². The summed E-state index contributed by atoms with van der Waals surface area (Å²) in [7, 11) is -3.42. The van der Waals surface area contributed by atoms with Gasteiger partial charge in [0, 0.05) is 59.0 Å². The van der Waals surface area contributed by atoms with Crippen LogP contribution in [0.1, 0.15) is 38.5 Å². The number of amides is 1. The van der Waals surface area contributed by atoms with Crippen LogP contribution in [0.15, 0.2) is 0 Å². The number of rotatable bonds is 4. The summed E-state index contributed by atoms with van der Waals surface area (Å²) in [6, 6.07) is 0. The van der Waals surface area contributed by atoms with Gasteiger partial charge in [-0.2, -0.15) is 17.0 Å². The predicted molar refractivity (Wildman–Crippen MR) is 106 cm³/mol. The van der Waals surface area contributed by atoms with Crippen molar-refractivity contribution in [2.24, 2.45) is 11.1 Å². The number of nitrogens with zero attached hydrogens (tertiary/aromatic N) is 3. The molecular weight excluding hydrogens is 392 g/mol. The van der Waals surface area contributed by atoms with Crippen LogP contribution >= 0.6 is 12.4 Å². The van der Waals surface area contributed by atoms with Crippen LogP contribution in [0.3, 0.4) is 0 Å². The fourth-order valence-corrected chi connectivity index (χ4v) is 5.83. The summed E-state index contributed by atoms with van der Waals surface area (Å²) in [5.74, 6) is 0.0649. The van der Waals surface area contributed by atoms with Gasteiger partial charge in [-0.1, -0.05) is 12.8 Å². The molecule has 0 spiro atoms. The van der Waals surface area contributed by atoms with E-state index in [4.69, 9.17) is 10.5 Å². The second-order valence-electron chi connectivity index (χ2n) is 7.61. The summed E-state index contributed by atoms with van der Waals surface area (Å²) in [6.07, 6.45) is 5.35. The van der Waals surface area contributed by atoms with Gasteiger partial charge >= 0.3 is 0 Å². The van der Waals surface area contributed by atoms with E-state index in [0.717, 1.165) is 25.7 Å². The normalized spacial score (nSPS) is 25.4. The molecule has 0 aromatic heterocycles. The van der Waals surface area contributed by atoms with E-state index in [0.29, 0.717) is 71.9 Å². The monoisotopic (exact) mass is 424 g/mol. The van der Waals surface area contributed by atoms with E-state index in [9.17, 15) is 13.2 Å². The van der Waals surface area contributed by atoms with Crippen molar-refractivity contribution in [2.45, 2.75) is 38.5 Å². The number of hydrogen-bond acceptors (Lipinski definition) is 5. The maximum Gasteiger partial charge on any atom is 0.282 e. The summed E-state index contributed by atoms with van der Waals surface area (Å²) in [4.78, 5) is 14.8. The Morgan fingerprint density at radius 2 is 1.41 bits per heavy atom. The molecule has 3 saturated heterocycles. The molecule has 3 rings (SSSR count). The predicted octanol–water partition coefficient (Wildman–Crippen LogP) is 0.429. The lowest BCUT2D eigenvalue weighted by Gasteiger charge is -2.42. The third-order valence-electron chi connectivity index (χ3n) is 6.04. The standard InChI is InChI=1S/C17H32N4O4S.ClH/c18-15-17(5-13-25-14-6-17)16(22)19-9-11-21(12-10-19)26(23,24)20-7-3-1-2-4-8-20;/h1-15,18H2;1H. The summed E-state index contributed by atoms with van der Waals surface area (Å²) in [6.45, 7) is 4.27. The first-order chi connectivity index (χ1) is 12.5. The molecule has 10 heteroatoms. The second kappa shape index (κ2) is 9.84. The zero-order chi connectivity index (χ0) is 18.6. The van der Waals surface area contributed by atoms with Crippen LogP contribution in [0.4, 0.5) is 0 Å². The fraction of sp³-hybridized carbons (Fsp3) is 0.941. The number of hydrogen-bond donors (Lipinski definition) is 1. The van der Waals surface area contributed by atoms with Crippen molar-refractivity contribution in [1.82, 2.24) is 13.5 Å². The van der Waals surface area contributed by atoms with Gasteiger partial charge in [-0.05, 0) is 25.7 Å². The van der Waals surface area contributed by atoms with Crippen molar-refractivity contribution in [2.75, 3.05) is 59.0 Å². The SMILES string of the molecule is Cl.NCC1(C(=O)N2CCN(S(=O)(=O)N3CCCCCC3)CC2)CCOCC1. The molecule has 8 nitrogen and oxygen atoms in total. The highest BCUT2D eigenvalue weighted by Crippen LogP contribution is 2.32. The van der Waals surface area contributed by atoms with E-state index < -0.39 is 15.6 Å². The van der Waals surface area contributed by atoms with Crippen LogP contribution in [0.5, 0.6) is 0 Å². The lowest BCUT2D eigenvalue weighted by atomic mass is 9.78. The third-order valence-corrected chi connectivity index (χ3v) is 8.07. The number of carbonyl (C=O) groups is 1. The van der Waals surface area contributed by atoms with Crippen LogP contribution in [0.2, 0.25) is 0 Å². The minimum absolute atomic E-state index is 0. The number of piperazine rings is 1. The highest BCUT2D eigenvalue weighted by molar-refractivity contribution is 7.86. The van der Waals surface area contributed by atoms with Crippen molar-refractivity contribution in [1.29, 1.82) is 0 Å². The largest absolute Gasteiger partial charge is 0.381 e. The first kappa shape index (κ1) is 22.8. The van der Waals surface area contributed by atoms with E-state index >= 15 is 0 Å². The fourth-order valence-electron chi connectivity index (χ4n) is 4.16. The van der Waals surface area contributed by atoms with Gasteiger partial charge in [-0.25, -0.2) is 0 Å². The summed E-state index contributed by atoms with van der Waals surface area (Å²) >= 11 is 0. The molecule has 0 saturated carbocycles. The molecule has 3 heterocycles.